The summed E-state index contributed by atoms with van der Waals surface area (Å²) < 4.78 is 5.01. The number of carboxylic acids is 1. The fraction of sp³-hybridized carbons (Fsp3) is 0.667. The average molecular weight is 226 g/mol. The molecule has 0 radical (unpaired) electrons. The first-order valence-corrected chi connectivity index (χ1v) is 5.37. The molecule has 1 rings (SSSR count). The predicted molar refractivity (Wildman–Crippen MR) is 58.9 cm³/mol. The molecule has 0 saturated heterocycles. The minimum Gasteiger partial charge on any atom is -0.478 e. The molecule has 0 aromatic carbocycles. The third-order valence-electron chi connectivity index (χ3n) is 3.24. The summed E-state index contributed by atoms with van der Waals surface area (Å²) >= 11 is 0. The van der Waals surface area contributed by atoms with Crippen molar-refractivity contribution < 1.29 is 19.4 Å². The van der Waals surface area contributed by atoms with Gasteiger partial charge in [-0.25, -0.2) is 4.79 Å². The molecule has 0 aromatic heterocycles. The van der Waals surface area contributed by atoms with Gasteiger partial charge in [0.05, 0.1) is 12.0 Å². The molecular formula is C12H18O4. The minimum atomic E-state index is -0.994. The Morgan fingerprint density at radius 2 is 1.94 bits per heavy atom. The lowest BCUT2D eigenvalue weighted by Gasteiger charge is -2.15. The van der Waals surface area contributed by atoms with E-state index in [4.69, 9.17) is 9.84 Å². The molecule has 0 spiro atoms. The van der Waals surface area contributed by atoms with Crippen molar-refractivity contribution in [1.82, 2.24) is 0 Å². The molecule has 1 saturated carbocycles. The van der Waals surface area contributed by atoms with Crippen LogP contribution in [0.3, 0.4) is 0 Å². The first-order valence-electron chi connectivity index (χ1n) is 5.37. The Bertz CT molecular complexity index is 354. The molecule has 0 aromatic rings. The lowest BCUT2D eigenvalue weighted by atomic mass is 9.93. The van der Waals surface area contributed by atoms with Gasteiger partial charge in [-0.05, 0) is 25.7 Å². The Kier molecular flexibility index (Phi) is 3.13. The molecule has 16 heavy (non-hydrogen) atoms. The summed E-state index contributed by atoms with van der Waals surface area (Å²) in [5.41, 5.74) is -0.764. The van der Waals surface area contributed by atoms with Gasteiger partial charge in [-0.15, -0.1) is 0 Å². The van der Waals surface area contributed by atoms with Gasteiger partial charge in [-0.3, -0.25) is 4.79 Å². The number of rotatable bonds is 4. The number of aliphatic carboxylic acids is 1. The van der Waals surface area contributed by atoms with Crippen molar-refractivity contribution in [3.63, 3.8) is 0 Å². The van der Waals surface area contributed by atoms with Crippen molar-refractivity contribution in [3.8, 4) is 0 Å². The Morgan fingerprint density at radius 3 is 2.25 bits per heavy atom. The Morgan fingerprint density at radius 1 is 1.44 bits per heavy atom. The van der Waals surface area contributed by atoms with Gasteiger partial charge in [0.1, 0.15) is 0 Å². The van der Waals surface area contributed by atoms with Crippen molar-refractivity contribution in [1.29, 1.82) is 0 Å². The largest absolute Gasteiger partial charge is 0.478 e. The molecule has 90 valence electrons. The van der Waals surface area contributed by atoms with E-state index in [9.17, 15) is 9.59 Å². The zero-order chi connectivity index (χ0) is 12.6. The molecule has 4 heteroatoms. The third kappa shape index (κ3) is 1.96. The van der Waals surface area contributed by atoms with E-state index in [0.29, 0.717) is 13.0 Å². The maximum absolute atomic E-state index is 11.8. The first-order chi connectivity index (χ1) is 7.27. The molecule has 0 heterocycles. The molecule has 0 aliphatic heterocycles. The quantitative estimate of drug-likeness (QED) is 0.588. The number of carboxylic acid groups (broad SMARTS) is 1. The summed E-state index contributed by atoms with van der Waals surface area (Å²) in [5.74, 6) is -1.31. The van der Waals surface area contributed by atoms with Crippen LogP contribution in [0.2, 0.25) is 0 Å². The highest BCUT2D eigenvalue weighted by Gasteiger charge is 2.66. The molecule has 0 amide bonds. The summed E-state index contributed by atoms with van der Waals surface area (Å²) in [6.07, 6.45) is 2.18. The Hall–Kier alpha value is -1.32. The van der Waals surface area contributed by atoms with Crippen LogP contribution in [-0.2, 0) is 14.3 Å². The lowest BCUT2D eigenvalue weighted by molar-refractivity contribution is -0.148. The van der Waals surface area contributed by atoms with Gasteiger partial charge in [0.2, 0.25) is 0 Å². The standard InChI is InChI=1S/C12H18O4/c1-5-16-10(15)12(7-11(12,3)4)6-8(2)9(13)14/h6H,5,7H2,1-4H3,(H,13,14)/b8-6+. The van der Waals surface area contributed by atoms with Crippen LogP contribution in [0.1, 0.15) is 34.1 Å². The van der Waals surface area contributed by atoms with Gasteiger partial charge in [-0.1, -0.05) is 19.9 Å². The summed E-state index contributed by atoms with van der Waals surface area (Å²) in [6, 6.07) is 0. The fourth-order valence-corrected chi connectivity index (χ4v) is 2.00. The van der Waals surface area contributed by atoms with E-state index >= 15 is 0 Å². The minimum absolute atomic E-state index is 0.193. The first kappa shape index (κ1) is 12.7. The monoisotopic (exact) mass is 226 g/mol. The molecule has 1 unspecified atom stereocenters. The summed E-state index contributed by atoms with van der Waals surface area (Å²) in [4.78, 5) is 22.6. The van der Waals surface area contributed by atoms with Crippen LogP contribution >= 0.6 is 0 Å². The van der Waals surface area contributed by atoms with Crippen LogP contribution in [0.15, 0.2) is 11.6 Å². The van der Waals surface area contributed by atoms with Crippen LogP contribution in [0, 0.1) is 10.8 Å². The van der Waals surface area contributed by atoms with Crippen LogP contribution in [0.25, 0.3) is 0 Å². The maximum Gasteiger partial charge on any atom is 0.330 e. The molecule has 1 fully saturated rings. The summed E-state index contributed by atoms with van der Waals surface area (Å²) in [6.45, 7) is 7.44. The fourth-order valence-electron chi connectivity index (χ4n) is 2.00. The topological polar surface area (TPSA) is 63.6 Å². The molecule has 1 N–H and O–H groups in total. The van der Waals surface area contributed by atoms with Gasteiger partial charge >= 0.3 is 11.9 Å². The van der Waals surface area contributed by atoms with Crippen LogP contribution in [0.5, 0.6) is 0 Å². The van der Waals surface area contributed by atoms with Crippen LogP contribution in [0.4, 0.5) is 0 Å². The van der Waals surface area contributed by atoms with Crippen molar-refractivity contribution in [2.24, 2.45) is 10.8 Å². The summed E-state index contributed by atoms with van der Waals surface area (Å²) in [5, 5.41) is 8.83. The number of carbonyl (C=O) groups excluding carboxylic acids is 1. The number of hydrogen-bond donors (Lipinski definition) is 1. The Balaban J connectivity index is 2.98. The van der Waals surface area contributed by atoms with Crippen LogP contribution in [-0.4, -0.2) is 23.7 Å². The highest BCUT2D eigenvalue weighted by Crippen LogP contribution is 2.65. The van der Waals surface area contributed by atoms with Gasteiger partial charge in [0.25, 0.3) is 0 Å². The third-order valence-corrected chi connectivity index (χ3v) is 3.24. The zero-order valence-corrected chi connectivity index (χ0v) is 10.2. The molecular weight excluding hydrogens is 208 g/mol. The van der Waals surface area contributed by atoms with Crippen molar-refractivity contribution in [2.45, 2.75) is 34.1 Å². The predicted octanol–water partition coefficient (Wildman–Crippen LogP) is 2.00. The van der Waals surface area contributed by atoms with Crippen molar-refractivity contribution in [2.75, 3.05) is 6.61 Å². The Labute approximate surface area is 95.3 Å². The van der Waals surface area contributed by atoms with E-state index in [2.05, 4.69) is 0 Å². The molecule has 4 nitrogen and oxygen atoms in total. The second-order valence-electron chi connectivity index (χ2n) is 4.88. The highest BCUT2D eigenvalue weighted by molar-refractivity contribution is 5.90. The van der Waals surface area contributed by atoms with E-state index < -0.39 is 11.4 Å². The van der Waals surface area contributed by atoms with E-state index in [1.807, 2.05) is 13.8 Å². The number of ether oxygens (including phenoxy) is 1. The van der Waals surface area contributed by atoms with E-state index in [1.54, 1.807) is 6.92 Å². The van der Waals surface area contributed by atoms with Gasteiger partial charge in [0, 0.05) is 5.57 Å². The van der Waals surface area contributed by atoms with E-state index in [1.165, 1.54) is 13.0 Å². The normalized spacial score (nSPS) is 27.4. The van der Waals surface area contributed by atoms with E-state index in [-0.39, 0.29) is 17.0 Å². The zero-order valence-electron chi connectivity index (χ0n) is 10.2. The van der Waals surface area contributed by atoms with Gasteiger partial charge in [0.15, 0.2) is 0 Å². The second-order valence-corrected chi connectivity index (χ2v) is 4.88. The molecule has 0 bridgehead atoms. The van der Waals surface area contributed by atoms with Gasteiger partial charge in [-0.2, -0.15) is 0 Å². The van der Waals surface area contributed by atoms with Gasteiger partial charge < -0.3 is 9.84 Å². The second kappa shape index (κ2) is 3.92. The molecule has 1 aliphatic carbocycles. The SMILES string of the molecule is CCOC(=O)C1(/C=C(\C)C(=O)O)CC1(C)C. The van der Waals surface area contributed by atoms with Crippen molar-refractivity contribution in [3.05, 3.63) is 11.6 Å². The molecule has 1 aliphatic rings. The van der Waals surface area contributed by atoms with Crippen LogP contribution < -0.4 is 0 Å². The summed E-state index contributed by atoms with van der Waals surface area (Å²) in [7, 11) is 0. The molecule has 1 atom stereocenters. The lowest BCUT2D eigenvalue weighted by Crippen LogP contribution is -2.23. The van der Waals surface area contributed by atoms with E-state index in [0.717, 1.165) is 0 Å². The number of hydrogen-bond acceptors (Lipinski definition) is 3. The van der Waals surface area contributed by atoms with Crippen molar-refractivity contribution >= 4 is 11.9 Å². The smallest absolute Gasteiger partial charge is 0.330 e. The maximum atomic E-state index is 11.8. The number of carbonyl (C=O) groups is 2. The highest BCUT2D eigenvalue weighted by atomic mass is 16.5. The average Bonchev–Trinajstić information content (AvgIpc) is 2.69. The number of esters is 1.